The molecule has 0 aliphatic carbocycles. The van der Waals surface area contributed by atoms with Crippen LogP contribution in [0.2, 0.25) is 0 Å². The topological polar surface area (TPSA) is 57.7 Å². The number of rotatable bonds is 6. The number of nitrogens with zero attached hydrogens (tertiary/aromatic N) is 1. The van der Waals surface area contributed by atoms with E-state index in [0.29, 0.717) is 22.9 Å². The van der Waals surface area contributed by atoms with Gasteiger partial charge in [-0.1, -0.05) is 6.07 Å². The van der Waals surface area contributed by atoms with E-state index in [2.05, 4.69) is 4.98 Å². The van der Waals surface area contributed by atoms with Crippen LogP contribution in [-0.2, 0) is 6.42 Å². The highest BCUT2D eigenvalue weighted by Gasteiger charge is 2.14. The van der Waals surface area contributed by atoms with Crippen molar-refractivity contribution < 1.29 is 19.0 Å². The third-order valence-electron chi connectivity index (χ3n) is 3.08. The van der Waals surface area contributed by atoms with E-state index in [9.17, 15) is 4.79 Å². The largest absolute Gasteiger partial charge is 0.497 e. The molecule has 0 aliphatic rings. The van der Waals surface area contributed by atoms with E-state index in [0.717, 1.165) is 5.56 Å². The fourth-order valence-corrected chi connectivity index (χ4v) is 1.95. The van der Waals surface area contributed by atoms with Gasteiger partial charge in [0.2, 0.25) is 5.88 Å². The molecule has 0 spiro atoms. The van der Waals surface area contributed by atoms with Crippen molar-refractivity contribution in [2.45, 2.75) is 6.42 Å². The first-order chi connectivity index (χ1) is 10.2. The molecule has 1 aromatic heterocycles. The SMILES string of the molecule is COc1ccc(OC)c(C(=O)Cc2ccc(OC)nc2)c1. The van der Waals surface area contributed by atoms with Crippen LogP contribution in [-0.4, -0.2) is 32.1 Å². The minimum atomic E-state index is -0.0577. The van der Waals surface area contributed by atoms with Crippen molar-refractivity contribution in [1.29, 1.82) is 0 Å². The van der Waals surface area contributed by atoms with Crippen LogP contribution in [0.4, 0.5) is 0 Å². The Kier molecular flexibility index (Phi) is 4.77. The van der Waals surface area contributed by atoms with Crippen LogP contribution < -0.4 is 14.2 Å². The summed E-state index contributed by atoms with van der Waals surface area (Å²) in [4.78, 5) is 16.5. The lowest BCUT2D eigenvalue weighted by Crippen LogP contribution is -2.06. The zero-order valence-corrected chi connectivity index (χ0v) is 12.3. The van der Waals surface area contributed by atoms with Crippen LogP contribution >= 0.6 is 0 Å². The van der Waals surface area contributed by atoms with Gasteiger partial charge in [0.15, 0.2) is 5.78 Å². The maximum atomic E-state index is 12.4. The number of carbonyl (C=O) groups excluding carboxylic acids is 1. The van der Waals surface area contributed by atoms with Gasteiger partial charge in [0.05, 0.1) is 26.9 Å². The number of Topliss-reactive ketones (excluding diaryl/α,β-unsaturated/α-hetero) is 1. The average Bonchev–Trinajstić information content (AvgIpc) is 2.54. The van der Waals surface area contributed by atoms with Gasteiger partial charge < -0.3 is 14.2 Å². The van der Waals surface area contributed by atoms with Crippen molar-refractivity contribution in [3.63, 3.8) is 0 Å². The maximum Gasteiger partial charge on any atom is 0.212 e. The van der Waals surface area contributed by atoms with Gasteiger partial charge in [0.25, 0.3) is 0 Å². The van der Waals surface area contributed by atoms with Gasteiger partial charge in [-0.2, -0.15) is 0 Å². The number of aromatic nitrogens is 1. The molecule has 21 heavy (non-hydrogen) atoms. The fraction of sp³-hybridized carbons (Fsp3) is 0.250. The van der Waals surface area contributed by atoms with Crippen molar-refractivity contribution in [3.8, 4) is 17.4 Å². The Morgan fingerprint density at radius 2 is 1.86 bits per heavy atom. The van der Waals surface area contributed by atoms with E-state index in [-0.39, 0.29) is 12.2 Å². The lowest BCUT2D eigenvalue weighted by atomic mass is 10.0. The number of pyridine rings is 1. The molecular weight excluding hydrogens is 270 g/mol. The lowest BCUT2D eigenvalue weighted by Gasteiger charge is -2.09. The Labute approximate surface area is 123 Å². The highest BCUT2D eigenvalue weighted by Crippen LogP contribution is 2.25. The van der Waals surface area contributed by atoms with Gasteiger partial charge in [0.1, 0.15) is 11.5 Å². The van der Waals surface area contributed by atoms with E-state index >= 15 is 0 Å². The molecule has 5 nitrogen and oxygen atoms in total. The Morgan fingerprint density at radius 3 is 2.43 bits per heavy atom. The Morgan fingerprint density at radius 1 is 1.05 bits per heavy atom. The van der Waals surface area contributed by atoms with E-state index in [1.165, 1.54) is 7.11 Å². The predicted molar refractivity (Wildman–Crippen MR) is 78.4 cm³/mol. The summed E-state index contributed by atoms with van der Waals surface area (Å²) in [6, 6.07) is 8.70. The number of hydrogen-bond acceptors (Lipinski definition) is 5. The lowest BCUT2D eigenvalue weighted by molar-refractivity contribution is 0.0989. The number of ketones is 1. The third kappa shape index (κ3) is 3.51. The first-order valence-corrected chi connectivity index (χ1v) is 6.42. The molecule has 5 heteroatoms. The van der Waals surface area contributed by atoms with E-state index < -0.39 is 0 Å². The molecule has 0 saturated heterocycles. The minimum Gasteiger partial charge on any atom is -0.497 e. The first kappa shape index (κ1) is 14.8. The van der Waals surface area contributed by atoms with Gasteiger partial charge in [0, 0.05) is 18.7 Å². The van der Waals surface area contributed by atoms with Gasteiger partial charge in [-0.15, -0.1) is 0 Å². The first-order valence-electron chi connectivity index (χ1n) is 6.42. The summed E-state index contributed by atoms with van der Waals surface area (Å²) < 4.78 is 15.4. The van der Waals surface area contributed by atoms with Crippen molar-refractivity contribution >= 4 is 5.78 Å². The quantitative estimate of drug-likeness (QED) is 0.764. The normalized spacial score (nSPS) is 10.0. The Bertz CT molecular complexity index is 623. The van der Waals surface area contributed by atoms with Crippen LogP contribution in [0.5, 0.6) is 17.4 Å². The third-order valence-corrected chi connectivity index (χ3v) is 3.08. The highest BCUT2D eigenvalue weighted by molar-refractivity contribution is 6.00. The molecule has 0 amide bonds. The number of benzene rings is 1. The second kappa shape index (κ2) is 6.74. The summed E-state index contributed by atoms with van der Waals surface area (Å²) in [5.74, 6) is 1.61. The van der Waals surface area contributed by atoms with Crippen LogP contribution in [0, 0.1) is 0 Å². The molecule has 0 bridgehead atoms. The predicted octanol–water partition coefficient (Wildman–Crippen LogP) is 2.53. The van der Waals surface area contributed by atoms with Crippen molar-refractivity contribution in [2.24, 2.45) is 0 Å². The molecule has 2 rings (SSSR count). The summed E-state index contributed by atoms with van der Waals surface area (Å²) in [5, 5.41) is 0. The van der Waals surface area contributed by atoms with Crippen LogP contribution in [0.1, 0.15) is 15.9 Å². The molecule has 0 radical (unpaired) electrons. The number of ether oxygens (including phenoxy) is 3. The molecule has 1 heterocycles. The summed E-state index contributed by atoms with van der Waals surface area (Å²) >= 11 is 0. The zero-order valence-electron chi connectivity index (χ0n) is 12.3. The van der Waals surface area contributed by atoms with Crippen LogP contribution in [0.3, 0.4) is 0 Å². The molecular formula is C16H17NO4. The molecule has 0 atom stereocenters. The Balaban J connectivity index is 2.22. The molecule has 2 aromatic rings. The van der Waals surface area contributed by atoms with E-state index in [4.69, 9.17) is 14.2 Å². The van der Waals surface area contributed by atoms with Crippen molar-refractivity contribution in [3.05, 3.63) is 47.7 Å². The fourth-order valence-electron chi connectivity index (χ4n) is 1.95. The molecule has 110 valence electrons. The number of carbonyl (C=O) groups is 1. The van der Waals surface area contributed by atoms with E-state index in [1.54, 1.807) is 44.7 Å². The summed E-state index contributed by atoms with van der Waals surface area (Å²) in [6.45, 7) is 0. The smallest absolute Gasteiger partial charge is 0.212 e. The summed E-state index contributed by atoms with van der Waals surface area (Å²) in [5.41, 5.74) is 1.30. The average molecular weight is 287 g/mol. The molecule has 0 aliphatic heterocycles. The van der Waals surface area contributed by atoms with Crippen LogP contribution in [0.25, 0.3) is 0 Å². The minimum absolute atomic E-state index is 0.0577. The summed E-state index contributed by atoms with van der Waals surface area (Å²) in [7, 11) is 4.64. The second-order valence-electron chi connectivity index (χ2n) is 4.37. The molecule has 0 unspecified atom stereocenters. The summed E-state index contributed by atoms with van der Waals surface area (Å²) in [6.07, 6.45) is 1.86. The highest BCUT2D eigenvalue weighted by atomic mass is 16.5. The maximum absolute atomic E-state index is 12.4. The molecule has 0 fully saturated rings. The van der Waals surface area contributed by atoms with E-state index in [1.807, 2.05) is 6.07 Å². The van der Waals surface area contributed by atoms with Gasteiger partial charge in [-0.3, -0.25) is 4.79 Å². The van der Waals surface area contributed by atoms with Gasteiger partial charge in [-0.25, -0.2) is 4.98 Å². The monoisotopic (exact) mass is 287 g/mol. The standard InChI is InChI=1S/C16H17NO4/c1-19-12-5-6-15(20-2)13(9-12)14(18)8-11-4-7-16(21-3)17-10-11/h4-7,9-10H,8H2,1-3H3. The second-order valence-corrected chi connectivity index (χ2v) is 4.37. The Hall–Kier alpha value is -2.56. The molecule has 1 aromatic carbocycles. The van der Waals surface area contributed by atoms with Gasteiger partial charge in [-0.05, 0) is 23.8 Å². The van der Waals surface area contributed by atoms with Crippen molar-refractivity contribution in [1.82, 2.24) is 4.98 Å². The molecule has 0 saturated carbocycles. The number of hydrogen-bond donors (Lipinski definition) is 0. The van der Waals surface area contributed by atoms with Crippen LogP contribution in [0.15, 0.2) is 36.5 Å². The zero-order chi connectivity index (χ0) is 15.2. The van der Waals surface area contributed by atoms with Gasteiger partial charge >= 0.3 is 0 Å². The molecule has 0 N–H and O–H groups in total. The number of methoxy groups -OCH3 is 3. The van der Waals surface area contributed by atoms with Crippen molar-refractivity contribution in [2.75, 3.05) is 21.3 Å².